The molecule has 3 N–H and O–H groups in total. The molecule has 4 atom stereocenters. The molecular weight excluding hydrogens is 344 g/mol. The highest BCUT2D eigenvalue weighted by Crippen LogP contribution is 2.30. The Balaban J connectivity index is 1.67. The molecule has 26 heavy (non-hydrogen) atoms. The molecule has 1 aromatic heterocycles. The minimum Gasteiger partial charge on any atom is -0.394 e. The molecule has 1 aliphatic rings. The van der Waals surface area contributed by atoms with Gasteiger partial charge in [-0.1, -0.05) is 30.3 Å². The van der Waals surface area contributed by atoms with Gasteiger partial charge in [-0.05, 0) is 5.56 Å². The third kappa shape index (κ3) is 4.09. The van der Waals surface area contributed by atoms with Crippen molar-refractivity contribution >= 4 is 0 Å². The van der Waals surface area contributed by atoms with Crippen LogP contribution >= 0.6 is 0 Å². The fourth-order valence-electron chi connectivity index (χ4n) is 2.76. The van der Waals surface area contributed by atoms with Gasteiger partial charge in [-0.3, -0.25) is 14.3 Å². The van der Waals surface area contributed by atoms with E-state index in [9.17, 15) is 19.8 Å². The predicted octanol–water partition coefficient (Wildman–Crippen LogP) is -0.653. The number of hydrogen-bond donors (Lipinski definition) is 3. The average molecular weight is 364 g/mol. The summed E-state index contributed by atoms with van der Waals surface area (Å²) >= 11 is 0. The van der Waals surface area contributed by atoms with Crippen LogP contribution in [0.15, 0.2) is 52.2 Å². The molecule has 0 unspecified atom stereocenters. The molecule has 3 rings (SSSR count). The number of rotatable bonds is 7. The van der Waals surface area contributed by atoms with E-state index in [4.69, 9.17) is 14.2 Å². The fourth-order valence-corrected chi connectivity index (χ4v) is 2.76. The number of H-pyrrole nitrogens is 1. The highest BCUT2D eigenvalue weighted by atomic mass is 16.7. The second-order valence-corrected chi connectivity index (χ2v) is 5.84. The summed E-state index contributed by atoms with van der Waals surface area (Å²) in [4.78, 5) is 25.3. The molecule has 1 aliphatic heterocycles. The number of aliphatic hydroxyl groups excluding tert-OH is 2. The molecule has 140 valence electrons. The second kappa shape index (κ2) is 8.39. The Morgan fingerprint density at radius 3 is 2.65 bits per heavy atom. The third-order valence-electron chi connectivity index (χ3n) is 4.07. The van der Waals surface area contributed by atoms with Crippen molar-refractivity contribution < 1.29 is 24.4 Å². The normalized spacial score (nSPS) is 25.5. The van der Waals surface area contributed by atoms with Crippen LogP contribution in [0.4, 0.5) is 0 Å². The largest absolute Gasteiger partial charge is 0.394 e. The molecule has 9 heteroatoms. The zero-order valence-corrected chi connectivity index (χ0v) is 13.9. The molecular formula is C17H20N2O7. The number of hydrogen-bond acceptors (Lipinski definition) is 7. The topological polar surface area (TPSA) is 123 Å². The molecule has 1 saturated heterocycles. The SMILES string of the molecule is O=c1ccn([C@@H]2O[C@H](CO)[C@@H](O)[C@H]2OCOCc2ccccc2)c(=O)[nH]1. The van der Waals surface area contributed by atoms with Crippen molar-refractivity contribution in [3.8, 4) is 0 Å². The fraction of sp³-hybridized carbons (Fsp3) is 0.412. The Hall–Kier alpha value is -2.30. The van der Waals surface area contributed by atoms with E-state index in [1.54, 1.807) is 0 Å². The van der Waals surface area contributed by atoms with Crippen LogP contribution in [0.5, 0.6) is 0 Å². The molecule has 0 saturated carbocycles. The monoisotopic (exact) mass is 364 g/mol. The van der Waals surface area contributed by atoms with Crippen LogP contribution < -0.4 is 11.2 Å². The van der Waals surface area contributed by atoms with Crippen LogP contribution in [0.2, 0.25) is 0 Å². The maximum absolute atomic E-state index is 12.0. The van der Waals surface area contributed by atoms with Crippen molar-refractivity contribution in [2.75, 3.05) is 13.4 Å². The first kappa shape index (κ1) is 18.5. The Kier molecular flexibility index (Phi) is 5.96. The highest BCUT2D eigenvalue weighted by Gasteiger charge is 2.45. The summed E-state index contributed by atoms with van der Waals surface area (Å²) in [6.07, 6.45) is -2.79. The number of nitrogens with zero attached hydrogens (tertiary/aromatic N) is 1. The molecule has 2 heterocycles. The molecule has 2 aromatic rings. The molecule has 0 spiro atoms. The van der Waals surface area contributed by atoms with Gasteiger partial charge < -0.3 is 24.4 Å². The van der Waals surface area contributed by atoms with Gasteiger partial charge in [-0.2, -0.15) is 0 Å². The Morgan fingerprint density at radius 2 is 1.96 bits per heavy atom. The predicted molar refractivity (Wildman–Crippen MR) is 89.3 cm³/mol. The molecule has 0 bridgehead atoms. The Bertz CT molecular complexity index is 820. The maximum Gasteiger partial charge on any atom is 0.330 e. The van der Waals surface area contributed by atoms with E-state index < -0.39 is 42.4 Å². The molecule has 9 nitrogen and oxygen atoms in total. The lowest BCUT2D eigenvalue weighted by atomic mass is 10.1. The number of aliphatic hydroxyl groups is 2. The summed E-state index contributed by atoms with van der Waals surface area (Å²) in [5, 5.41) is 19.6. The van der Waals surface area contributed by atoms with Gasteiger partial charge in [0, 0.05) is 12.3 Å². The Morgan fingerprint density at radius 1 is 1.19 bits per heavy atom. The van der Waals surface area contributed by atoms with Crippen molar-refractivity contribution in [1.82, 2.24) is 9.55 Å². The summed E-state index contributed by atoms with van der Waals surface area (Å²) in [6, 6.07) is 10.6. The van der Waals surface area contributed by atoms with E-state index in [2.05, 4.69) is 4.98 Å². The van der Waals surface area contributed by atoms with Gasteiger partial charge in [0.1, 0.15) is 25.1 Å². The number of aromatic nitrogens is 2. The van der Waals surface area contributed by atoms with Crippen LogP contribution in [-0.2, 0) is 20.8 Å². The van der Waals surface area contributed by atoms with Crippen molar-refractivity contribution in [2.24, 2.45) is 0 Å². The molecule has 0 radical (unpaired) electrons. The van der Waals surface area contributed by atoms with Gasteiger partial charge in [0.2, 0.25) is 0 Å². The molecule has 0 amide bonds. The van der Waals surface area contributed by atoms with Gasteiger partial charge in [0.25, 0.3) is 5.56 Å². The van der Waals surface area contributed by atoms with Crippen molar-refractivity contribution in [1.29, 1.82) is 0 Å². The maximum atomic E-state index is 12.0. The lowest BCUT2D eigenvalue weighted by Crippen LogP contribution is -2.39. The second-order valence-electron chi connectivity index (χ2n) is 5.84. The van der Waals surface area contributed by atoms with Gasteiger partial charge in [0.15, 0.2) is 6.23 Å². The number of ether oxygens (including phenoxy) is 3. The quantitative estimate of drug-likeness (QED) is 0.440. The van der Waals surface area contributed by atoms with Crippen LogP contribution in [0.25, 0.3) is 0 Å². The van der Waals surface area contributed by atoms with Crippen molar-refractivity contribution in [2.45, 2.75) is 31.1 Å². The van der Waals surface area contributed by atoms with E-state index in [0.717, 1.165) is 16.2 Å². The van der Waals surface area contributed by atoms with E-state index in [0.29, 0.717) is 6.61 Å². The van der Waals surface area contributed by atoms with E-state index in [1.165, 1.54) is 6.20 Å². The molecule has 1 fully saturated rings. The molecule has 1 aromatic carbocycles. The number of aromatic amines is 1. The number of nitrogens with one attached hydrogen (secondary N) is 1. The van der Waals surface area contributed by atoms with Crippen LogP contribution in [-0.4, -0.2) is 51.5 Å². The minimum absolute atomic E-state index is 0.146. The van der Waals surface area contributed by atoms with E-state index in [-0.39, 0.29) is 6.79 Å². The summed E-state index contributed by atoms with van der Waals surface area (Å²) in [5.41, 5.74) is -0.291. The lowest BCUT2D eigenvalue weighted by Gasteiger charge is -2.22. The zero-order valence-electron chi connectivity index (χ0n) is 13.9. The van der Waals surface area contributed by atoms with Gasteiger partial charge in [0.05, 0.1) is 13.2 Å². The zero-order chi connectivity index (χ0) is 18.5. The van der Waals surface area contributed by atoms with E-state index >= 15 is 0 Å². The smallest absolute Gasteiger partial charge is 0.330 e. The lowest BCUT2D eigenvalue weighted by molar-refractivity contribution is -0.143. The van der Waals surface area contributed by atoms with Crippen LogP contribution in [0.1, 0.15) is 11.8 Å². The average Bonchev–Trinajstić information content (AvgIpc) is 2.95. The third-order valence-corrected chi connectivity index (χ3v) is 4.07. The summed E-state index contributed by atoms with van der Waals surface area (Å²) in [6.45, 7) is -0.273. The standard InChI is InChI=1S/C17H20N2O7/c20-8-12-14(22)15(25-10-24-9-11-4-2-1-3-5-11)16(26-12)19-7-6-13(21)18-17(19)23/h1-7,12,14-16,20,22H,8-10H2,(H,18,21,23)/t12-,14-,15-,16-/m1/s1. The van der Waals surface area contributed by atoms with Crippen LogP contribution in [0.3, 0.4) is 0 Å². The first-order valence-corrected chi connectivity index (χ1v) is 8.09. The van der Waals surface area contributed by atoms with Gasteiger partial charge >= 0.3 is 5.69 Å². The molecule has 0 aliphatic carbocycles. The van der Waals surface area contributed by atoms with Gasteiger partial charge in [-0.25, -0.2) is 4.79 Å². The summed E-state index contributed by atoms with van der Waals surface area (Å²) < 4.78 is 17.6. The van der Waals surface area contributed by atoms with Crippen molar-refractivity contribution in [3.63, 3.8) is 0 Å². The first-order chi connectivity index (χ1) is 12.6. The van der Waals surface area contributed by atoms with E-state index in [1.807, 2.05) is 30.3 Å². The summed E-state index contributed by atoms with van der Waals surface area (Å²) in [7, 11) is 0. The minimum atomic E-state index is -1.16. The highest BCUT2D eigenvalue weighted by molar-refractivity contribution is 5.13. The number of benzene rings is 1. The van der Waals surface area contributed by atoms with Crippen LogP contribution in [0, 0.1) is 0 Å². The van der Waals surface area contributed by atoms with Gasteiger partial charge in [-0.15, -0.1) is 0 Å². The van der Waals surface area contributed by atoms with Crippen molar-refractivity contribution in [3.05, 3.63) is 69.0 Å². The summed E-state index contributed by atoms with van der Waals surface area (Å²) in [5.74, 6) is 0. The first-order valence-electron chi connectivity index (χ1n) is 8.09. The Labute approximate surface area is 148 Å².